The van der Waals surface area contributed by atoms with Crippen molar-refractivity contribution in [3.63, 3.8) is 0 Å². The molecule has 2 rings (SSSR count). The van der Waals surface area contributed by atoms with E-state index in [9.17, 15) is 14.4 Å². The SMILES string of the molecule is CSC(=O)Cn1cnc2c1c(=O)n(C)c(=O)n2C. The van der Waals surface area contributed by atoms with E-state index < -0.39 is 11.2 Å². The van der Waals surface area contributed by atoms with Crippen molar-refractivity contribution in [1.29, 1.82) is 0 Å². The summed E-state index contributed by atoms with van der Waals surface area (Å²) in [5.74, 6) is 0. The molecular weight excluding hydrogens is 256 g/mol. The van der Waals surface area contributed by atoms with Crippen molar-refractivity contribution in [1.82, 2.24) is 18.7 Å². The lowest BCUT2D eigenvalue weighted by atomic mass is 10.5. The average molecular weight is 268 g/mol. The maximum atomic E-state index is 12.0. The monoisotopic (exact) mass is 268 g/mol. The highest BCUT2D eigenvalue weighted by Gasteiger charge is 2.15. The second-order valence-corrected chi connectivity index (χ2v) is 4.69. The Bertz CT molecular complexity index is 740. The zero-order chi connectivity index (χ0) is 13.4. The standard InChI is InChI=1S/C10H12N4O3S/c1-12-8-7(9(16)13(2)10(12)17)14(5-11-8)4-6(15)18-3/h5H,4H2,1-3H3. The van der Waals surface area contributed by atoms with Gasteiger partial charge < -0.3 is 4.57 Å². The van der Waals surface area contributed by atoms with Crippen LogP contribution in [0.1, 0.15) is 0 Å². The number of rotatable bonds is 2. The number of aryl methyl sites for hydroxylation is 1. The molecule has 0 aliphatic carbocycles. The van der Waals surface area contributed by atoms with Gasteiger partial charge in [0.2, 0.25) is 5.12 Å². The van der Waals surface area contributed by atoms with Gasteiger partial charge in [0.1, 0.15) is 0 Å². The Morgan fingerprint density at radius 1 is 1.33 bits per heavy atom. The Morgan fingerprint density at radius 2 is 2.00 bits per heavy atom. The maximum Gasteiger partial charge on any atom is 0.332 e. The molecule has 0 atom stereocenters. The van der Waals surface area contributed by atoms with E-state index in [0.717, 1.165) is 16.3 Å². The van der Waals surface area contributed by atoms with E-state index in [2.05, 4.69) is 4.98 Å². The number of fused-ring (bicyclic) bond motifs is 1. The molecule has 0 saturated carbocycles. The number of nitrogens with zero attached hydrogens (tertiary/aromatic N) is 4. The predicted octanol–water partition coefficient (Wildman–Crippen LogP) is -0.677. The zero-order valence-electron chi connectivity index (χ0n) is 10.2. The zero-order valence-corrected chi connectivity index (χ0v) is 11.0. The van der Waals surface area contributed by atoms with Crippen LogP contribution in [0.3, 0.4) is 0 Å². The molecule has 0 N–H and O–H groups in total. The van der Waals surface area contributed by atoms with Crippen molar-refractivity contribution in [3.8, 4) is 0 Å². The maximum absolute atomic E-state index is 12.0. The van der Waals surface area contributed by atoms with Crippen LogP contribution < -0.4 is 11.2 Å². The van der Waals surface area contributed by atoms with Crippen molar-refractivity contribution >= 4 is 28.0 Å². The fraction of sp³-hybridized carbons (Fsp3) is 0.400. The van der Waals surface area contributed by atoms with Crippen LogP contribution in [-0.4, -0.2) is 30.1 Å². The van der Waals surface area contributed by atoms with Gasteiger partial charge in [0.25, 0.3) is 5.56 Å². The minimum atomic E-state index is -0.445. The molecule has 0 fully saturated rings. The third kappa shape index (κ3) is 1.78. The summed E-state index contributed by atoms with van der Waals surface area (Å²) in [5.41, 5.74) is -0.326. The Kier molecular flexibility index (Phi) is 3.12. The third-order valence-electron chi connectivity index (χ3n) is 2.74. The molecule has 0 radical (unpaired) electrons. The molecule has 2 aromatic rings. The molecule has 7 nitrogen and oxygen atoms in total. The lowest BCUT2D eigenvalue weighted by Crippen LogP contribution is -2.37. The topological polar surface area (TPSA) is 78.9 Å². The number of carbonyl (C=O) groups is 1. The molecule has 0 aliphatic heterocycles. The summed E-state index contributed by atoms with van der Waals surface area (Å²) >= 11 is 1.08. The molecule has 0 saturated heterocycles. The Morgan fingerprint density at radius 3 is 2.61 bits per heavy atom. The first-order valence-electron chi connectivity index (χ1n) is 5.15. The van der Waals surface area contributed by atoms with Gasteiger partial charge in [-0.25, -0.2) is 9.78 Å². The Balaban J connectivity index is 2.78. The molecule has 0 unspecified atom stereocenters. The second-order valence-electron chi connectivity index (χ2n) is 3.83. The highest BCUT2D eigenvalue weighted by atomic mass is 32.2. The highest BCUT2D eigenvalue weighted by Crippen LogP contribution is 2.07. The fourth-order valence-electron chi connectivity index (χ4n) is 1.72. The van der Waals surface area contributed by atoms with Crippen LogP contribution >= 0.6 is 11.8 Å². The minimum Gasteiger partial charge on any atom is -0.316 e. The van der Waals surface area contributed by atoms with Crippen LogP contribution in [0.15, 0.2) is 15.9 Å². The quantitative estimate of drug-likeness (QED) is 0.721. The van der Waals surface area contributed by atoms with Gasteiger partial charge in [-0.05, 0) is 6.26 Å². The first kappa shape index (κ1) is 12.6. The van der Waals surface area contributed by atoms with Gasteiger partial charge in [-0.1, -0.05) is 11.8 Å². The van der Waals surface area contributed by atoms with Crippen LogP contribution in [0.25, 0.3) is 11.2 Å². The molecule has 0 amide bonds. The van der Waals surface area contributed by atoms with Crippen LogP contribution in [0.5, 0.6) is 0 Å². The molecule has 0 bridgehead atoms. The normalized spacial score (nSPS) is 11.1. The van der Waals surface area contributed by atoms with E-state index >= 15 is 0 Å². The molecule has 18 heavy (non-hydrogen) atoms. The average Bonchev–Trinajstić information content (AvgIpc) is 2.77. The fourth-order valence-corrected chi connectivity index (χ4v) is 1.99. The predicted molar refractivity (Wildman–Crippen MR) is 68.7 cm³/mol. The van der Waals surface area contributed by atoms with E-state index in [0.29, 0.717) is 0 Å². The first-order valence-corrected chi connectivity index (χ1v) is 6.37. The summed E-state index contributed by atoms with van der Waals surface area (Å²) in [4.78, 5) is 39.1. The second kappa shape index (κ2) is 4.45. The summed E-state index contributed by atoms with van der Waals surface area (Å²) < 4.78 is 3.76. The van der Waals surface area contributed by atoms with Crippen molar-refractivity contribution in [2.24, 2.45) is 14.1 Å². The van der Waals surface area contributed by atoms with Crippen molar-refractivity contribution in [2.75, 3.05) is 6.26 Å². The molecule has 2 aromatic heterocycles. The smallest absolute Gasteiger partial charge is 0.316 e. The number of aromatic nitrogens is 4. The minimum absolute atomic E-state index is 0.0606. The highest BCUT2D eigenvalue weighted by molar-refractivity contribution is 8.13. The molecule has 0 spiro atoms. The van der Waals surface area contributed by atoms with Gasteiger partial charge in [0.15, 0.2) is 11.2 Å². The van der Waals surface area contributed by atoms with Gasteiger partial charge >= 0.3 is 5.69 Å². The summed E-state index contributed by atoms with van der Waals surface area (Å²) in [6.07, 6.45) is 3.08. The molecule has 0 aliphatic rings. The lowest BCUT2D eigenvalue weighted by molar-refractivity contribution is -0.111. The van der Waals surface area contributed by atoms with E-state index in [4.69, 9.17) is 0 Å². The number of carbonyl (C=O) groups excluding carboxylic acids is 1. The summed E-state index contributed by atoms with van der Waals surface area (Å²) in [5, 5.41) is -0.0785. The Hall–Kier alpha value is -1.83. The van der Waals surface area contributed by atoms with Crippen LogP contribution in [0.2, 0.25) is 0 Å². The summed E-state index contributed by atoms with van der Waals surface area (Å²) in [6, 6.07) is 0. The Labute approximate surface area is 106 Å². The van der Waals surface area contributed by atoms with E-state index in [1.165, 1.54) is 29.6 Å². The number of hydrogen-bond donors (Lipinski definition) is 0. The molecule has 8 heteroatoms. The van der Waals surface area contributed by atoms with Crippen molar-refractivity contribution in [2.45, 2.75) is 6.54 Å². The van der Waals surface area contributed by atoms with Gasteiger partial charge in [-0.2, -0.15) is 0 Å². The first-order chi connectivity index (χ1) is 8.47. The number of imidazole rings is 1. The van der Waals surface area contributed by atoms with Crippen LogP contribution in [0.4, 0.5) is 0 Å². The van der Waals surface area contributed by atoms with E-state index in [-0.39, 0.29) is 22.8 Å². The van der Waals surface area contributed by atoms with Gasteiger partial charge in [-0.3, -0.25) is 18.7 Å². The number of thioether (sulfide) groups is 1. The molecular formula is C10H12N4O3S. The van der Waals surface area contributed by atoms with Crippen LogP contribution in [-0.2, 0) is 25.4 Å². The van der Waals surface area contributed by atoms with E-state index in [1.54, 1.807) is 6.26 Å². The van der Waals surface area contributed by atoms with E-state index in [1.807, 2.05) is 0 Å². The lowest BCUT2D eigenvalue weighted by Gasteiger charge is -2.05. The van der Waals surface area contributed by atoms with Crippen molar-refractivity contribution < 1.29 is 4.79 Å². The molecule has 96 valence electrons. The van der Waals surface area contributed by atoms with Gasteiger partial charge in [0.05, 0.1) is 12.9 Å². The molecule has 2 heterocycles. The number of hydrogen-bond acceptors (Lipinski definition) is 5. The van der Waals surface area contributed by atoms with Crippen molar-refractivity contribution in [3.05, 3.63) is 27.2 Å². The summed E-state index contributed by atoms with van der Waals surface area (Å²) in [6.45, 7) is 0.0606. The van der Waals surface area contributed by atoms with Gasteiger partial charge in [-0.15, -0.1) is 0 Å². The van der Waals surface area contributed by atoms with Crippen LogP contribution in [0, 0.1) is 0 Å². The van der Waals surface area contributed by atoms with Gasteiger partial charge in [0, 0.05) is 14.1 Å². The largest absolute Gasteiger partial charge is 0.332 e. The third-order valence-corrected chi connectivity index (χ3v) is 3.33. The summed E-state index contributed by atoms with van der Waals surface area (Å²) in [7, 11) is 2.94. The molecule has 0 aromatic carbocycles.